The highest BCUT2D eigenvalue weighted by molar-refractivity contribution is 6.04. The lowest BCUT2D eigenvalue weighted by molar-refractivity contribution is -0.117. The van der Waals surface area contributed by atoms with E-state index in [1.54, 1.807) is 13.0 Å². The summed E-state index contributed by atoms with van der Waals surface area (Å²) in [5, 5.41) is 12.7. The fraction of sp³-hybridized carbons (Fsp3) is 0.200. The Bertz CT molecular complexity index is 1090. The molecule has 0 aliphatic rings. The van der Waals surface area contributed by atoms with Gasteiger partial charge in [-0.1, -0.05) is 17.3 Å². The van der Waals surface area contributed by atoms with Gasteiger partial charge in [0, 0.05) is 11.8 Å². The molecule has 0 spiro atoms. The van der Waals surface area contributed by atoms with Gasteiger partial charge in [0.1, 0.15) is 18.2 Å². The number of carbonyl (C=O) groups is 2. The van der Waals surface area contributed by atoms with E-state index in [1.165, 1.54) is 4.68 Å². The molecule has 3 rings (SSSR count). The molecule has 7 nitrogen and oxygen atoms in total. The summed E-state index contributed by atoms with van der Waals surface area (Å²) < 4.78 is 28.1. The van der Waals surface area contributed by atoms with E-state index in [0.29, 0.717) is 11.4 Å². The number of nitrogens with one attached hydrogen (secondary N) is 2. The highest BCUT2D eigenvalue weighted by Crippen LogP contribution is 2.19. The summed E-state index contributed by atoms with van der Waals surface area (Å²) in [6.45, 7) is 5.11. The maximum atomic E-state index is 13.7. The Hall–Kier alpha value is -3.62. The molecule has 0 saturated heterocycles. The molecular weight excluding hydrogens is 380 g/mol. The summed E-state index contributed by atoms with van der Waals surface area (Å²) in [5.74, 6) is -2.53. The number of carbonyl (C=O) groups excluding carboxylic acids is 2. The van der Waals surface area contributed by atoms with Crippen LogP contribution in [0.4, 0.5) is 20.2 Å². The number of hydrogen-bond donors (Lipinski definition) is 2. The van der Waals surface area contributed by atoms with E-state index in [1.807, 2.05) is 26.0 Å². The van der Waals surface area contributed by atoms with Crippen LogP contribution < -0.4 is 10.6 Å². The predicted octanol–water partition coefficient (Wildman–Crippen LogP) is 3.37. The van der Waals surface area contributed by atoms with Crippen LogP contribution >= 0.6 is 0 Å². The topological polar surface area (TPSA) is 88.9 Å². The zero-order chi connectivity index (χ0) is 21.1. The van der Waals surface area contributed by atoms with Gasteiger partial charge in [0.15, 0.2) is 5.69 Å². The predicted molar refractivity (Wildman–Crippen MR) is 104 cm³/mol. The highest BCUT2D eigenvalue weighted by atomic mass is 19.1. The molecule has 0 radical (unpaired) electrons. The fourth-order valence-corrected chi connectivity index (χ4v) is 2.71. The largest absolute Gasteiger partial charge is 0.322 e. The minimum Gasteiger partial charge on any atom is -0.322 e. The second-order valence-corrected chi connectivity index (χ2v) is 6.56. The second kappa shape index (κ2) is 8.17. The van der Waals surface area contributed by atoms with Crippen molar-refractivity contribution in [1.82, 2.24) is 15.0 Å². The highest BCUT2D eigenvalue weighted by Gasteiger charge is 2.19. The first-order valence-electron chi connectivity index (χ1n) is 8.79. The molecule has 0 bridgehead atoms. The van der Waals surface area contributed by atoms with Crippen LogP contribution in [0.15, 0.2) is 36.4 Å². The monoisotopic (exact) mass is 399 g/mol. The molecule has 0 fully saturated rings. The molecule has 1 aromatic heterocycles. The smallest absolute Gasteiger partial charge is 0.278 e. The lowest BCUT2D eigenvalue weighted by Crippen LogP contribution is -2.21. The summed E-state index contributed by atoms with van der Waals surface area (Å²) in [6, 6.07) is 8.30. The third kappa shape index (κ3) is 4.45. The lowest BCUT2D eigenvalue weighted by atomic mass is 10.1. The van der Waals surface area contributed by atoms with Crippen molar-refractivity contribution in [3.8, 4) is 0 Å². The fourth-order valence-electron chi connectivity index (χ4n) is 2.71. The van der Waals surface area contributed by atoms with E-state index < -0.39 is 23.4 Å². The molecule has 0 aliphatic carbocycles. The van der Waals surface area contributed by atoms with Crippen molar-refractivity contribution in [3.05, 3.63) is 70.5 Å². The van der Waals surface area contributed by atoms with Gasteiger partial charge in [-0.05, 0) is 50.1 Å². The molecule has 1 heterocycles. The Labute approximate surface area is 165 Å². The van der Waals surface area contributed by atoms with Crippen LogP contribution in [0.2, 0.25) is 0 Å². The molecule has 29 heavy (non-hydrogen) atoms. The van der Waals surface area contributed by atoms with Crippen molar-refractivity contribution in [2.45, 2.75) is 27.3 Å². The van der Waals surface area contributed by atoms with Crippen LogP contribution in [-0.2, 0) is 11.3 Å². The van der Waals surface area contributed by atoms with Crippen LogP contribution in [0.25, 0.3) is 0 Å². The Morgan fingerprint density at radius 3 is 2.55 bits per heavy atom. The van der Waals surface area contributed by atoms with Crippen LogP contribution in [0.1, 0.15) is 27.3 Å². The average Bonchev–Trinajstić information content (AvgIpc) is 3.02. The van der Waals surface area contributed by atoms with Crippen LogP contribution in [0, 0.1) is 32.4 Å². The minimum atomic E-state index is -0.761. The number of benzene rings is 2. The molecule has 2 N–H and O–H groups in total. The quantitative estimate of drug-likeness (QED) is 0.688. The number of amides is 2. The molecule has 0 saturated carbocycles. The third-order valence-corrected chi connectivity index (χ3v) is 4.55. The number of anilines is 2. The Morgan fingerprint density at radius 2 is 1.79 bits per heavy atom. The summed E-state index contributed by atoms with van der Waals surface area (Å²) >= 11 is 0. The van der Waals surface area contributed by atoms with Crippen molar-refractivity contribution in [2.75, 3.05) is 10.6 Å². The first kappa shape index (κ1) is 20.1. The number of hydrogen-bond acceptors (Lipinski definition) is 4. The van der Waals surface area contributed by atoms with E-state index in [-0.39, 0.29) is 17.9 Å². The van der Waals surface area contributed by atoms with Crippen molar-refractivity contribution < 1.29 is 18.4 Å². The molecule has 0 aliphatic heterocycles. The van der Waals surface area contributed by atoms with Crippen molar-refractivity contribution in [3.63, 3.8) is 0 Å². The normalized spacial score (nSPS) is 10.7. The molecule has 2 amide bonds. The molecule has 3 aromatic rings. The average molecular weight is 399 g/mol. The van der Waals surface area contributed by atoms with E-state index in [9.17, 15) is 18.4 Å². The van der Waals surface area contributed by atoms with Crippen molar-refractivity contribution >= 4 is 23.2 Å². The number of aromatic nitrogens is 3. The Balaban J connectivity index is 1.71. The van der Waals surface area contributed by atoms with Crippen molar-refractivity contribution in [2.24, 2.45) is 0 Å². The standard InChI is InChI=1S/C20H19F2N5O2/c1-11-5-4-6-16(12(11)2)24-20(29)19-13(3)27(26-25-19)10-18(28)23-17-9-14(21)7-8-15(17)22/h4-9H,10H2,1-3H3,(H,23,28)(H,24,29). The number of rotatable bonds is 5. The van der Waals surface area contributed by atoms with Crippen LogP contribution in [-0.4, -0.2) is 26.8 Å². The molecule has 0 atom stereocenters. The minimum absolute atomic E-state index is 0.0654. The zero-order valence-corrected chi connectivity index (χ0v) is 16.1. The van der Waals surface area contributed by atoms with Gasteiger partial charge >= 0.3 is 0 Å². The van der Waals surface area contributed by atoms with E-state index >= 15 is 0 Å². The van der Waals surface area contributed by atoms with Gasteiger partial charge in [-0.25, -0.2) is 13.5 Å². The summed E-state index contributed by atoms with van der Waals surface area (Å²) in [4.78, 5) is 24.7. The molecule has 150 valence electrons. The Kier molecular flexibility index (Phi) is 5.67. The Morgan fingerprint density at radius 1 is 1.03 bits per heavy atom. The van der Waals surface area contributed by atoms with Gasteiger partial charge in [-0.15, -0.1) is 5.10 Å². The first-order chi connectivity index (χ1) is 13.8. The van der Waals surface area contributed by atoms with Gasteiger partial charge in [0.25, 0.3) is 5.91 Å². The summed E-state index contributed by atoms with van der Waals surface area (Å²) in [5.41, 5.74) is 2.77. The SMILES string of the molecule is Cc1cccc(NC(=O)c2nnn(CC(=O)Nc3cc(F)ccc3F)c2C)c1C. The lowest BCUT2D eigenvalue weighted by Gasteiger charge is -2.10. The van der Waals surface area contributed by atoms with Gasteiger partial charge < -0.3 is 10.6 Å². The number of nitrogens with zero attached hydrogens (tertiary/aromatic N) is 3. The third-order valence-electron chi connectivity index (χ3n) is 4.55. The van der Waals surface area contributed by atoms with E-state index in [0.717, 1.165) is 29.3 Å². The van der Waals surface area contributed by atoms with Crippen LogP contribution in [0.5, 0.6) is 0 Å². The molecule has 9 heteroatoms. The van der Waals surface area contributed by atoms with Gasteiger partial charge in [-0.3, -0.25) is 9.59 Å². The van der Waals surface area contributed by atoms with Gasteiger partial charge in [0.2, 0.25) is 5.91 Å². The van der Waals surface area contributed by atoms with Gasteiger partial charge in [-0.2, -0.15) is 0 Å². The summed E-state index contributed by atoms with van der Waals surface area (Å²) in [7, 11) is 0. The van der Waals surface area contributed by atoms with E-state index in [2.05, 4.69) is 20.9 Å². The van der Waals surface area contributed by atoms with Gasteiger partial charge in [0.05, 0.1) is 11.4 Å². The second-order valence-electron chi connectivity index (χ2n) is 6.56. The van der Waals surface area contributed by atoms with Crippen LogP contribution in [0.3, 0.4) is 0 Å². The maximum absolute atomic E-state index is 13.7. The van der Waals surface area contributed by atoms with E-state index in [4.69, 9.17) is 0 Å². The number of aryl methyl sites for hydroxylation is 1. The maximum Gasteiger partial charge on any atom is 0.278 e. The van der Waals surface area contributed by atoms with Crippen molar-refractivity contribution in [1.29, 1.82) is 0 Å². The summed E-state index contributed by atoms with van der Waals surface area (Å²) in [6.07, 6.45) is 0. The molecule has 0 unspecified atom stereocenters. The molecular formula is C20H19F2N5O2. The molecule has 2 aromatic carbocycles. The first-order valence-corrected chi connectivity index (χ1v) is 8.79. The number of halogens is 2. The zero-order valence-electron chi connectivity index (χ0n) is 16.1.